The smallest absolute Gasteiger partial charge is 0.137 e. The Morgan fingerprint density at radius 3 is 1.66 bits per heavy atom. The molecule has 1 aliphatic heterocycles. The molecule has 0 aliphatic carbocycles. The minimum atomic E-state index is -2.09. The molecule has 0 radical (unpaired) electrons. The van der Waals surface area contributed by atoms with E-state index in [1.165, 1.54) is 21.3 Å². The highest BCUT2D eigenvalue weighted by Gasteiger charge is 2.42. The number of furan rings is 1. The largest absolute Gasteiger partial charge is 0.456 e. The zero-order valence-corrected chi connectivity index (χ0v) is 25.6. The molecule has 3 aromatic heterocycles. The molecular weight excluding hydrogens is 557 g/mol. The molecule has 0 unspecified atom stereocenters. The summed E-state index contributed by atoms with van der Waals surface area (Å²) in [6, 6.07) is 46.2. The lowest BCUT2D eigenvalue weighted by Crippen LogP contribution is -2.49. The Morgan fingerprint density at radius 1 is 0.545 bits per heavy atom. The summed E-state index contributed by atoms with van der Waals surface area (Å²) in [7, 11) is -2.09. The Hall–Kier alpha value is -5.46. The van der Waals surface area contributed by atoms with Gasteiger partial charge in [-0.2, -0.15) is 0 Å². The fourth-order valence-electron chi connectivity index (χ4n) is 6.53. The van der Waals surface area contributed by atoms with Crippen molar-refractivity contribution < 1.29 is 4.42 Å². The standard InChI is InChI=1S/C38H30N4OSi/c1-44(2)34-22-20-30(42(28-15-7-4-8-16-28)36-18-10-12-24-40-36)26-32(34)37-38(44)31-25-29(19-21-33(31)43-37)41(27-13-5-3-6-14-27)35-17-9-11-23-39-35/h3-26H,1-2H3. The molecule has 1 aliphatic rings. The van der Waals surface area contributed by atoms with E-state index in [-0.39, 0.29) is 0 Å². The van der Waals surface area contributed by atoms with E-state index in [1.807, 2.05) is 60.9 Å². The summed E-state index contributed by atoms with van der Waals surface area (Å²) in [5.74, 6) is 2.74. The first kappa shape index (κ1) is 26.2. The zero-order chi connectivity index (χ0) is 29.7. The van der Waals surface area contributed by atoms with Gasteiger partial charge in [0.2, 0.25) is 0 Å². The molecule has 8 rings (SSSR count). The summed E-state index contributed by atoms with van der Waals surface area (Å²) >= 11 is 0. The first-order chi connectivity index (χ1) is 21.6. The van der Waals surface area contributed by atoms with Gasteiger partial charge in [-0.3, -0.25) is 9.80 Å². The molecule has 0 N–H and O–H groups in total. The van der Waals surface area contributed by atoms with E-state index in [1.54, 1.807) is 0 Å². The summed E-state index contributed by atoms with van der Waals surface area (Å²) in [5, 5.41) is 3.91. The normalized spacial score (nSPS) is 13.0. The van der Waals surface area contributed by atoms with Crippen LogP contribution in [0.15, 0.2) is 150 Å². The molecule has 0 atom stereocenters. The molecule has 4 aromatic carbocycles. The van der Waals surface area contributed by atoms with Gasteiger partial charge in [-0.1, -0.05) is 67.7 Å². The molecule has 5 nitrogen and oxygen atoms in total. The van der Waals surface area contributed by atoms with Gasteiger partial charge >= 0.3 is 0 Å². The molecule has 44 heavy (non-hydrogen) atoms. The van der Waals surface area contributed by atoms with Crippen LogP contribution < -0.4 is 20.2 Å². The van der Waals surface area contributed by atoms with Crippen molar-refractivity contribution in [1.82, 2.24) is 9.97 Å². The summed E-state index contributed by atoms with van der Waals surface area (Å²) in [6.07, 6.45) is 3.68. The van der Waals surface area contributed by atoms with Crippen LogP contribution in [0.5, 0.6) is 0 Å². The van der Waals surface area contributed by atoms with Gasteiger partial charge in [0.1, 0.15) is 31.1 Å². The summed E-state index contributed by atoms with van der Waals surface area (Å²) in [4.78, 5) is 13.8. The van der Waals surface area contributed by atoms with Gasteiger partial charge in [-0.15, -0.1) is 0 Å². The molecule has 0 bridgehead atoms. The Bertz CT molecular complexity index is 2020. The number of rotatable bonds is 6. The Kier molecular flexibility index (Phi) is 6.17. The van der Waals surface area contributed by atoms with E-state index < -0.39 is 8.07 Å². The second-order valence-electron chi connectivity index (χ2n) is 11.6. The van der Waals surface area contributed by atoms with Crippen LogP contribution in [-0.4, -0.2) is 18.0 Å². The Labute approximate surface area is 257 Å². The molecule has 0 amide bonds. The highest BCUT2D eigenvalue weighted by molar-refractivity contribution is 7.05. The number of para-hydroxylation sites is 2. The van der Waals surface area contributed by atoms with Crippen LogP contribution in [-0.2, 0) is 0 Å². The average molecular weight is 587 g/mol. The third-order valence-electron chi connectivity index (χ3n) is 8.52. The molecule has 0 saturated carbocycles. The number of nitrogens with zero attached hydrogens (tertiary/aromatic N) is 4. The highest BCUT2D eigenvalue weighted by atomic mass is 28.3. The van der Waals surface area contributed by atoms with E-state index in [2.05, 4.69) is 108 Å². The minimum Gasteiger partial charge on any atom is -0.456 e. The maximum absolute atomic E-state index is 6.73. The number of fused-ring (bicyclic) bond motifs is 5. The van der Waals surface area contributed by atoms with Crippen LogP contribution in [0.4, 0.5) is 34.4 Å². The quantitative estimate of drug-likeness (QED) is 0.182. The molecule has 212 valence electrons. The topological polar surface area (TPSA) is 45.4 Å². The highest BCUT2D eigenvalue weighted by Crippen LogP contribution is 2.41. The second kappa shape index (κ2) is 10.4. The molecule has 4 heterocycles. The second-order valence-corrected chi connectivity index (χ2v) is 15.8. The summed E-state index contributed by atoms with van der Waals surface area (Å²) < 4.78 is 6.73. The van der Waals surface area contributed by atoms with Crippen molar-refractivity contribution >= 4 is 63.8 Å². The molecule has 0 fully saturated rings. The van der Waals surface area contributed by atoms with Crippen LogP contribution >= 0.6 is 0 Å². The lowest BCUT2D eigenvalue weighted by molar-refractivity contribution is 0.635. The van der Waals surface area contributed by atoms with Crippen LogP contribution in [0.1, 0.15) is 0 Å². The number of benzene rings is 4. The van der Waals surface area contributed by atoms with E-state index in [4.69, 9.17) is 14.4 Å². The van der Waals surface area contributed by atoms with Crippen molar-refractivity contribution in [2.75, 3.05) is 9.80 Å². The predicted octanol–water partition coefficient (Wildman–Crippen LogP) is 8.97. The average Bonchev–Trinajstić information content (AvgIpc) is 3.56. The van der Waals surface area contributed by atoms with Gasteiger partial charge in [0, 0.05) is 46.1 Å². The molecule has 6 heteroatoms. The van der Waals surface area contributed by atoms with Crippen LogP contribution in [0.3, 0.4) is 0 Å². The SMILES string of the molecule is C[Si]1(C)c2ccc(N(c3ccccc3)c3ccccn3)cc2-c2oc3ccc(N(c4ccccc4)c4ccccn4)cc3c21. The van der Waals surface area contributed by atoms with Crippen molar-refractivity contribution in [3.63, 3.8) is 0 Å². The van der Waals surface area contributed by atoms with Gasteiger partial charge in [-0.25, -0.2) is 9.97 Å². The first-order valence-electron chi connectivity index (χ1n) is 14.8. The number of anilines is 6. The van der Waals surface area contributed by atoms with E-state index in [0.717, 1.165) is 45.7 Å². The summed E-state index contributed by atoms with van der Waals surface area (Å²) in [5.41, 5.74) is 6.31. The number of aromatic nitrogens is 2. The van der Waals surface area contributed by atoms with E-state index in [0.29, 0.717) is 0 Å². The number of hydrogen-bond donors (Lipinski definition) is 0. The maximum atomic E-state index is 6.73. The monoisotopic (exact) mass is 586 g/mol. The minimum absolute atomic E-state index is 0.873. The lowest BCUT2D eigenvalue weighted by Gasteiger charge is -2.26. The van der Waals surface area contributed by atoms with Crippen molar-refractivity contribution in [3.05, 3.63) is 146 Å². The molecular formula is C38H30N4OSi. The van der Waals surface area contributed by atoms with Crippen molar-refractivity contribution in [1.29, 1.82) is 0 Å². The van der Waals surface area contributed by atoms with E-state index >= 15 is 0 Å². The van der Waals surface area contributed by atoms with Crippen molar-refractivity contribution in [2.45, 2.75) is 13.1 Å². The van der Waals surface area contributed by atoms with Gasteiger partial charge in [0.05, 0.1) is 0 Å². The van der Waals surface area contributed by atoms with Crippen molar-refractivity contribution in [3.8, 4) is 11.3 Å². The maximum Gasteiger partial charge on any atom is 0.137 e. The summed E-state index contributed by atoms with van der Waals surface area (Å²) in [6.45, 7) is 4.86. The molecule has 0 saturated heterocycles. The van der Waals surface area contributed by atoms with Gasteiger partial charge in [0.15, 0.2) is 0 Å². The van der Waals surface area contributed by atoms with Gasteiger partial charge in [-0.05, 0) is 89.2 Å². The number of hydrogen-bond acceptors (Lipinski definition) is 5. The van der Waals surface area contributed by atoms with Crippen molar-refractivity contribution in [2.24, 2.45) is 0 Å². The molecule has 0 spiro atoms. The predicted molar refractivity (Wildman–Crippen MR) is 183 cm³/mol. The van der Waals surface area contributed by atoms with Crippen LogP contribution in [0, 0.1) is 0 Å². The van der Waals surface area contributed by atoms with Gasteiger partial charge in [0.25, 0.3) is 0 Å². The Balaban J connectivity index is 1.29. The molecule has 7 aromatic rings. The van der Waals surface area contributed by atoms with Crippen LogP contribution in [0.25, 0.3) is 22.3 Å². The zero-order valence-electron chi connectivity index (χ0n) is 24.6. The lowest BCUT2D eigenvalue weighted by atomic mass is 10.1. The third kappa shape index (κ3) is 4.22. The Morgan fingerprint density at radius 2 is 1.09 bits per heavy atom. The first-order valence-corrected chi connectivity index (χ1v) is 17.8. The van der Waals surface area contributed by atoms with E-state index in [9.17, 15) is 0 Å². The third-order valence-corrected chi connectivity index (χ3v) is 12.0. The van der Waals surface area contributed by atoms with Gasteiger partial charge < -0.3 is 4.42 Å². The number of pyridine rings is 2. The fourth-order valence-corrected chi connectivity index (χ4v) is 9.78. The fraction of sp³-hybridized carbons (Fsp3) is 0.0526. The van der Waals surface area contributed by atoms with Crippen LogP contribution in [0.2, 0.25) is 13.1 Å².